The fraction of sp³-hybridized carbons (Fsp3) is 0.167. The van der Waals surface area contributed by atoms with Crippen molar-refractivity contribution in [2.75, 3.05) is 11.9 Å². The molecule has 106 valence electrons. The summed E-state index contributed by atoms with van der Waals surface area (Å²) in [7, 11) is 0. The minimum Gasteiger partial charge on any atom is -0.492 e. The predicted molar refractivity (Wildman–Crippen MR) is 86.7 cm³/mol. The van der Waals surface area contributed by atoms with Crippen LogP contribution in [0.15, 0.2) is 60.8 Å². The fourth-order valence-electron chi connectivity index (χ4n) is 2.39. The number of aromatic nitrogens is 1. The monoisotopic (exact) mass is 278 g/mol. The zero-order chi connectivity index (χ0) is 14.5. The van der Waals surface area contributed by atoms with Gasteiger partial charge in [-0.25, -0.2) is 0 Å². The second-order valence-corrected chi connectivity index (χ2v) is 4.77. The van der Waals surface area contributed by atoms with Gasteiger partial charge in [0, 0.05) is 18.1 Å². The Bertz CT molecular complexity index is 735. The van der Waals surface area contributed by atoms with Gasteiger partial charge in [-0.05, 0) is 30.7 Å². The molecule has 0 saturated heterocycles. The van der Waals surface area contributed by atoms with Crippen LogP contribution in [0.5, 0.6) is 5.75 Å². The summed E-state index contributed by atoms with van der Waals surface area (Å²) in [5, 5.41) is 4.60. The van der Waals surface area contributed by atoms with Crippen molar-refractivity contribution in [3.63, 3.8) is 0 Å². The summed E-state index contributed by atoms with van der Waals surface area (Å²) in [4.78, 5) is 4.48. The highest BCUT2D eigenvalue weighted by atomic mass is 16.5. The van der Waals surface area contributed by atoms with Crippen molar-refractivity contribution in [3.8, 4) is 5.75 Å². The molecule has 0 saturated carbocycles. The molecule has 0 unspecified atom stereocenters. The summed E-state index contributed by atoms with van der Waals surface area (Å²) < 4.78 is 5.63. The Morgan fingerprint density at radius 1 is 1.00 bits per heavy atom. The molecule has 3 aromatic rings. The number of para-hydroxylation sites is 3. The molecular weight excluding hydrogens is 260 g/mol. The van der Waals surface area contributed by atoms with Crippen molar-refractivity contribution in [1.29, 1.82) is 0 Å². The molecule has 0 fully saturated rings. The number of nitrogens with zero attached hydrogens (tertiary/aromatic N) is 1. The highest BCUT2D eigenvalue weighted by Crippen LogP contribution is 2.25. The van der Waals surface area contributed by atoms with E-state index >= 15 is 0 Å². The summed E-state index contributed by atoms with van der Waals surface area (Å²) >= 11 is 0. The SMILES string of the molecule is CCOc1ccccc1NCc1cccc2cccnc12. The van der Waals surface area contributed by atoms with E-state index in [0.717, 1.165) is 28.9 Å². The first-order valence-electron chi connectivity index (χ1n) is 7.17. The van der Waals surface area contributed by atoms with Gasteiger partial charge in [-0.2, -0.15) is 0 Å². The number of benzene rings is 2. The van der Waals surface area contributed by atoms with E-state index in [1.54, 1.807) is 0 Å². The van der Waals surface area contributed by atoms with Gasteiger partial charge >= 0.3 is 0 Å². The molecule has 0 radical (unpaired) electrons. The molecule has 3 rings (SSSR count). The summed E-state index contributed by atoms with van der Waals surface area (Å²) in [5.74, 6) is 0.883. The number of rotatable bonds is 5. The second kappa shape index (κ2) is 6.27. The van der Waals surface area contributed by atoms with Crippen LogP contribution in [0.25, 0.3) is 10.9 Å². The first-order chi connectivity index (χ1) is 10.4. The van der Waals surface area contributed by atoms with Crippen LogP contribution in [-0.2, 0) is 6.54 Å². The van der Waals surface area contributed by atoms with Crippen molar-refractivity contribution in [2.24, 2.45) is 0 Å². The van der Waals surface area contributed by atoms with Crippen molar-refractivity contribution >= 4 is 16.6 Å². The summed E-state index contributed by atoms with van der Waals surface area (Å²) in [5.41, 5.74) is 3.23. The molecule has 1 N–H and O–H groups in total. The topological polar surface area (TPSA) is 34.1 Å². The largest absolute Gasteiger partial charge is 0.492 e. The van der Waals surface area contributed by atoms with Gasteiger partial charge < -0.3 is 10.1 Å². The lowest BCUT2D eigenvalue weighted by atomic mass is 10.1. The van der Waals surface area contributed by atoms with Gasteiger partial charge in [-0.15, -0.1) is 0 Å². The first kappa shape index (κ1) is 13.4. The van der Waals surface area contributed by atoms with Gasteiger partial charge in [-0.1, -0.05) is 36.4 Å². The van der Waals surface area contributed by atoms with E-state index in [-0.39, 0.29) is 0 Å². The van der Waals surface area contributed by atoms with E-state index in [1.807, 2.05) is 43.5 Å². The number of nitrogens with one attached hydrogen (secondary N) is 1. The van der Waals surface area contributed by atoms with Crippen LogP contribution in [0, 0.1) is 0 Å². The van der Waals surface area contributed by atoms with Crippen molar-refractivity contribution < 1.29 is 4.74 Å². The molecule has 0 aliphatic rings. The summed E-state index contributed by atoms with van der Waals surface area (Å²) in [6.45, 7) is 3.37. The number of hydrogen-bond donors (Lipinski definition) is 1. The van der Waals surface area contributed by atoms with Gasteiger partial charge in [0.2, 0.25) is 0 Å². The van der Waals surface area contributed by atoms with E-state index in [9.17, 15) is 0 Å². The highest BCUT2D eigenvalue weighted by Gasteiger charge is 2.04. The molecule has 3 nitrogen and oxygen atoms in total. The Balaban J connectivity index is 1.84. The quantitative estimate of drug-likeness (QED) is 0.757. The summed E-state index contributed by atoms with van der Waals surface area (Å²) in [6, 6.07) is 18.3. The number of pyridine rings is 1. The number of ether oxygens (including phenoxy) is 1. The van der Waals surface area contributed by atoms with Gasteiger partial charge in [-0.3, -0.25) is 4.98 Å². The van der Waals surface area contributed by atoms with Gasteiger partial charge in [0.15, 0.2) is 0 Å². The zero-order valence-corrected chi connectivity index (χ0v) is 12.0. The third-order valence-electron chi connectivity index (χ3n) is 3.37. The third kappa shape index (κ3) is 2.97. The Kier molecular flexibility index (Phi) is 4.01. The van der Waals surface area contributed by atoms with Crippen molar-refractivity contribution in [2.45, 2.75) is 13.5 Å². The predicted octanol–water partition coefficient (Wildman–Crippen LogP) is 4.25. The molecule has 0 spiro atoms. The van der Waals surface area contributed by atoms with Gasteiger partial charge in [0.1, 0.15) is 5.75 Å². The van der Waals surface area contributed by atoms with Gasteiger partial charge in [0.25, 0.3) is 0 Å². The minimum atomic E-state index is 0.661. The maximum Gasteiger partial charge on any atom is 0.142 e. The molecule has 0 amide bonds. The van der Waals surface area contributed by atoms with E-state index < -0.39 is 0 Å². The van der Waals surface area contributed by atoms with E-state index in [1.165, 1.54) is 5.56 Å². The Morgan fingerprint density at radius 2 is 1.86 bits per heavy atom. The van der Waals surface area contributed by atoms with Crippen LogP contribution < -0.4 is 10.1 Å². The molecule has 0 bridgehead atoms. The van der Waals surface area contributed by atoms with E-state index in [0.29, 0.717) is 6.61 Å². The number of fused-ring (bicyclic) bond motifs is 1. The fourth-order valence-corrected chi connectivity index (χ4v) is 2.39. The molecule has 0 aliphatic heterocycles. The number of hydrogen-bond acceptors (Lipinski definition) is 3. The maximum atomic E-state index is 5.63. The van der Waals surface area contributed by atoms with Crippen LogP contribution in [-0.4, -0.2) is 11.6 Å². The Hall–Kier alpha value is -2.55. The van der Waals surface area contributed by atoms with E-state index in [2.05, 4.69) is 34.6 Å². The van der Waals surface area contributed by atoms with Crippen molar-refractivity contribution in [3.05, 3.63) is 66.4 Å². The molecule has 1 heterocycles. The van der Waals surface area contributed by atoms with Crippen LogP contribution in [0.4, 0.5) is 5.69 Å². The second-order valence-electron chi connectivity index (χ2n) is 4.77. The normalized spacial score (nSPS) is 10.5. The lowest BCUT2D eigenvalue weighted by molar-refractivity contribution is 0.341. The van der Waals surface area contributed by atoms with E-state index in [4.69, 9.17) is 4.74 Å². The molecule has 1 aromatic heterocycles. The summed E-state index contributed by atoms with van der Waals surface area (Å²) in [6.07, 6.45) is 1.83. The lowest BCUT2D eigenvalue weighted by Crippen LogP contribution is -2.03. The maximum absolute atomic E-state index is 5.63. The third-order valence-corrected chi connectivity index (χ3v) is 3.37. The average Bonchev–Trinajstić information content (AvgIpc) is 2.54. The van der Waals surface area contributed by atoms with Crippen LogP contribution >= 0.6 is 0 Å². The van der Waals surface area contributed by atoms with Crippen LogP contribution in [0.1, 0.15) is 12.5 Å². The van der Waals surface area contributed by atoms with Crippen molar-refractivity contribution in [1.82, 2.24) is 4.98 Å². The van der Waals surface area contributed by atoms with Crippen LogP contribution in [0.3, 0.4) is 0 Å². The zero-order valence-electron chi connectivity index (χ0n) is 12.0. The standard InChI is InChI=1S/C18H18N2O/c1-2-21-17-11-4-3-10-16(17)20-13-15-8-5-7-14-9-6-12-19-18(14)15/h3-12,20H,2,13H2,1H3. The van der Waals surface area contributed by atoms with Gasteiger partial charge in [0.05, 0.1) is 17.8 Å². The van der Waals surface area contributed by atoms with Crippen LogP contribution in [0.2, 0.25) is 0 Å². The Labute approximate surface area is 124 Å². The highest BCUT2D eigenvalue weighted by molar-refractivity contribution is 5.81. The molecule has 2 aromatic carbocycles. The minimum absolute atomic E-state index is 0.661. The lowest BCUT2D eigenvalue weighted by Gasteiger charge is -2.13. The Morgan fingerprint density at radius 3 is 2.76 bits per heavy atom. The molecule has 21 heavy (non-hydrogen) atoms. The first-order valence-corrected chi connectivity index (χ1v) is 7.17. The molecule has 0 atom stereocenters. The number of anilines is 1. The molecule has 0 aliphatic carbocycles. The average molecular weight is 278 g/mol. The molecular formula is C18H18N2O. The smallest absolute Gasteiger partial charge is 0.142 e. The molecule has 3 heteroatoms.